The van der Waals surface area contributed by atoms with Gasteiger partial charge in [-0.1, -0.05) is 27.2 Å². The van der Waals surface area contributed by atoms with Crippen molar-refractivity contribution < 1.29 is 9.84 Å². The Hall–Kier alpha value is -0.0800. The lowest BCUT2D eigenvalue weighted by Gasteiger charge is -2.26. The lowest BCUT2D eigenvalue weighted by molar-refractivity contribution is 0.00900. The molecule has 0 amide bonds. The van der Waals surface area contributed by atoms with Crippen molar-refractivity contribution in [1.82, 2.24) is 0 Å². The average Bonchev–Trinajstić information content (AvgIpc) is 2.16. The third-order valence-corrected chi connectivity index (χ3v) is 3.26. The van der Waals surface area contributed by atoms with Crippen LogP contribution >= 0.6 is 0 Å². The molecule has 0 fully saturated rings. The summed E-state index contributed by atoms with van der Waals surface area (Å²) < 4.78 is 5.36. The van der Waals surface area contributed by atoms with Crippen molar-refractivity contribution in [1.29, 1.82) is 0 Å². The van der Waals surface area contributed by atoms with Crippen LogP contribution in [0.2, 0.25) is 0 Å². The van der Waals surface area contributed by atoms with Crippen LogP contribution in [0.3, 0.4) is 0 Å². The highest BCUT2D eigenvalue weighted by Crippen LogP contribution is 2.22. The van der Waals surface area contributed by atoms with E-state index >= 15 is 0 Å². The molecule has 2 unspecified atom stereocenters. The van der Waals surface area contributed by atoms with Gasteiger partial charge < -0.3 is 9.84 Å². The van der Waals surface area contributed by atoms with Gasteiger partial charge in [0.1, 0.15) is 0 Å². The topological polar surface area (TPSA) is 29.5 Å². The van der Waals surface area contributed by atoms with Crippen molar-refractivity contribution in [3.05, 3.63) is 0 Å². The number of ether oxygens (including phenoxy) is 1. The van der Waals surface area contributed by atoms with Crippen molar-refractivity contribution in [2.75, 3.05) is 7.11 Å². The molecule has 1 N–H and O–H groups in total. The Morgan fingerprint density at radius 2 is 1.73 bits per heavy atom. The molecule has 0 radical (unpaired) electrons. The lowest BCUT2D eigenvalue weighted by atomic mass is 9.89. The summed E-state index contributed by atoms with van der Waals surface area (Å²) in [6, 6.07) is 0. The van der Waals surface area contributed by atoms with E-state index in [-0.39, 0.29) is 11.7 Å². The van der Waals surface area contributed by atoms with Gasteiger partial charge in [-0.05, 0) is 38.5 Å². The summed E-state index contributed by atoms with van der Waals surface area (Å²) >= 11 is 0. The molecule has 0 heterocycles. The Balaban J connectivity index is 3.77. The molecule has 0 aliphatic rings. The third-order valence-electron chi connectivity index (χ3n) is 3.26. The molecular weight excluding hydrogens is 188 g/mol. The Morgan fingerprint density at radius 1 is 1.20 bits per heavy atom. The SMILES string of the molecule is COC(C)(C)CCCC(C)C(O)C(C)C. The standard InChI is InChI=1S/C13H28O2/c1-10(2)12(14)11(3)8-7-9-13(4,5)15-6/h10-12,14H,7-9H2,1-6H3. The summed E-state index contributed by atoms with van der Waals surface area (Å²) in [5, 5.41) is 9.85. The molecule has 15 heavy (non-hydrogen) atoms. The largest absolute Gasteiger partial charge is 0.393 e. The molecule has 92 valence electrons. The molecule has 0 aliphatic heterocycles. The molecule has 2 heteroatoms. The second-order valence-electron chi connectivity index (χ2n) is 5.57. The van der Waals surface area contributed by atoms with Gasteiger partial charge in [0.05, 0.1) is 11.7 Å². The van der Waals surface area contributed by atoms with Gasteiger partial charge >= 0.3 is 0 Å². The smallest absolute Gasteiger partial charge is 0.0622 e. The van der Waals surface area contributed by atoms with E-state index in [9.17, 15) is 5.11 Å². The van der Waals surface area contributed by atoms with Gasteiger partial charge in [0.2, 0.25) is 0 Å². The van der Waals surface area contributed by atoms with Gasteiger partial charge in [0.15, 0.2) is 0 Å². The van der Waals surface area contributed by atoms with E-state index in [4.69, 9.17) is 4.74 Å². The molecular formula is C13H28O2. The molecule has 0 aromatic carbocycles. The first kappa shape index (κ1) is 14.9. The Bertz CT molecular complexity index is 164. The minimum Gasteiger partial charge on any atom is -0.393 e. The summed E-state index contributed by atoms with van der Waals surface area (Å²) in [6.45, 7) is 10.5. The number of hydrogen-bond acceptors (Lipinski definition) is 2. The van der Waals surface area contributed by atoms with Crippen molar-refractivity contribution >= 4 is 0 Å². The predicted molar refractivity (Wildman–Crippen MR) is 64.9 cm³/mol. The van der Waals surface area contributed by atoms with Crippen molar-refractivity contribution in [3.63, 3.8) is 0 Å². The third kappa shape index (κ3) is 6.16. The van der Waals surface area contributed by atoms with Crippen molar-refractivity contribution in [3.8, 4) is 0 Å². The van der Waals surface area contributed by atoms with Gasteiger partial charge in [-0.3, -0.25) is 0 Å². The van der Waals surface area contributed by atoms with Crippen molar-refractivity contribution in [2.45, 2.75) is 65.6 Å². The average molecular weight is 216 g/mol. The molecule has 0 bridgehead atoms. The summed E-state index contributed by atoms with van der Waals surface area (Å²) in [6.07, 6.45) is 3.08. The monoisotopic (exact) mass is 216 g/mol. The summed E-state index contributed by atoms with van der Waals surface area (Å²) in [7, 11) is 1.76. The van der Waals surface area contributed by atoms with Crippen LogP contribution in [0.5, 0.6) is 0 Å². The van der Waals surface area contributed by atoms with E-state index in [1.807, 2.05) is 0 Å². The minimum atomic E-state index is -0.171. The first-order valence-corrected chi connectivity index (χ1v) is 6.03. The van der Waals surface area contributed by atoms with Crippen LogP contribution in [0.1, 0.15) is 53.9 Å². The zero-order chi connectivity index (χ0) is 12.1. The second kappa shape index (κ2) is 6.49. The number of aliphatic hydroxyl groups excluding tert-OH is 1. The van der Waals surface area contributed by atoms with Crippen LogP contribution < -0.4 is 0 Å². The molecule has 2 nitrogen and oxygen atoms in total. The molecule has 0 aliphatic carbocycles. The van der Waals surface area contributed by atoms with Crippen molar-refractivity contribution in [2.24, 2.45) is 11.8 Å². The van der Waals surface area contributed by atoms with Gasteiger partial charge in [-0.15, -0.1) is 0 Å². The normalized spacial score (nSPS) is 16.8. The highest BCUT2D eigenvalue weighted by atomic mass is 16.5. The van der Waals surface area contributed by atoms with Gasteiger partial charge in [-0.25, -0.2) is 0 Å². The molecule has 0 saturated carbocycles. The fourth-order valence-corrected chi connectivity index (χ4v) is 1.78. The van der Waals surface area contributed by atoms with Crippen LogP contribution in [0, 0.1) is 11.8 Å². The van der Waals surface area contributed by atoms with Crippen LogP contribution in [-0.2, 0) is 4.74 Å². The lowest BCUT2D eigenvalue weighted by Crippen LogP contribution is -2.25. The van der Waals surface area contributed by atoms with Gasteiger partial charge in [0.25, 0.3) is 0 Å². The quantitative estimate of drug-likeness (QED) is 0.708. The number of rotatable bonds is 7. The van der Waals surface area contributed by atoms with E-state index in [0.717, 1.165) is 19.3 Å². The first-order chi connectivity index (χ1) is 6.80. The van der Waals surface area contributed by atoms with E-state index < -0.39 is 0 Å². The van der Waals surface area contributed by atoms with E-state index in [0.29, 0.717) is 11.8 Å². The summed E-state index contributed by atoms with van der Waals surface area (Å²) in [5.41, 5.74) is -0.0253. The highest BCUT2D eigenvalue weighted by molar-refractivity contribution is 4.72. The molecule has 0 aromatic rings. The van der Waals surface area contributed by atoms with E-state index in [1.54, 1.807) is 7.11 Å². The number of methoxy groups -OCH3 is 1. The van der Waals surface area contributed by atoms with E-state index in [2.05, 4.69) is 34.6 Å². The fraction of sp³-hybridized carbons (Fsp3) is 1.00. The zero-order valence-corrected chi connectivity index (χ0v) is 11.2. The maximum Gasteiger partial charge on any atom is 0.0622 e. The maximum absolute atomic E-state index is 9.85. The highest BCUT2D eigenvalue weighted by Gasteiger charge is 2.20. The second-order valence-corrected chi connectivity index (χ2v) is 5.57. The van der Waals surface area contributed by atoms with E-state index in [1.165, 1.54) is 0 Å². The number of hydrogen-bond donors (Lipinski definition) is 1. The zero-order valence-electron chi connectivity index (χ0n) is 11.2. The summed E-state index contributed by atoms with van der Waals surface area (Å²) in [5.74, 6) is 0.744. The predicted octanol–water partition coefficient (Wildman–Crippen LogP) is 3.23. The molecule has 0 rings (SSSR count). The van der Waals surface area contributed by atoms with Crippen LogP contribution in [0.25, 0.3) is 0 Å². The number of aliphatic hydroxyl groups is 1. The molecule has 2 atom stereocenters. The first-order valence-electron chi connectivity index (χ1n) is 6.03. The summed E-state index contributed by atoms with van der Waals surface area (Å²) in [4.78, 5) is 0. The van der Waals surface area contributed by atoms with Crippen LogP contribution in [0.4, 0.5) is 0 Å². The minimum absolute atomic E-state index is 0.0253. The Kier molecular flexibility index (Phi) is 6.46. The Labute approximate surface area is 95.0 Å². The van der Waals surface area contributed by atoms with Gasteiger partial charge in [-0.2, -0.15) is 0 Å². The maximum atomic E-state index is 9.85. The van der Waals surface area contributed by atoms with Crippen LogP contribution in [-0.4, -0.2) is 23.9 Å². The Morgan fingerprint density at radius 3 is 2.13 bits per heavy atom. The molecule has 0 spiro atoms. The van der Waals surface area contributed by atoms with Gasteiger partial charge in [0, 0.05) is 7.11 Å². The molecule has 0 saturated heterocycles. The molecule has 0 aromatic heterocycles. The fourth-order valence-electron chi connectivity index (χ4n) is 1.78. The van der Waals surface area contributed by atoms with Crippen LogP contribution in [0.15, 0.2) is 0 Å².